The maximum absolute atomic E-state index is 11.9. The zero-order valence-electron chi connectivity index (χ0n) is 14.1. The third kappa shape index (κ3) is 6.59. The normalized spacial score (nSPS) is 16.0. The lowest BCUT2D eigenvalue weighted by Crippen LogP contribution is -2.30. The van der Waals surface area contributed by atoms with Crippen LogP contribution in [0.4, 0.5) is 5.69 Å². The van der Waals surface area contributed by atoms with Crippen molar-refractivity contribution in [2.45, 2.75) is 38.2 Å². The van der Waals surface area contributed by atoms with E-state index >= 15 is 0 Å². The van der Waals surface area contributed by atoms with Crippen LogP contribution in [0.3, 0.4) is 0 Å². The van der Waals surface area contributed by atoms with Crippen molar-refractivity contribution in [3.8, 4) is 5.75 Å². The number of ether oxygens (including phenoxy) is 1. The van der Waals surface area contributed by atoms with E-state index in [2.05, 4.69) is 5.32 Å². The molecule has 1 saturated carbocycles. The van der Waals surface area contributed by atoms with Gasteiger partial charge in [-0.3, -0.25) is 4.79 Å². The largest absolute Gasteiger partial charge is 0.491 e. The fourth-order valence-corrected chi connectivity index (χ4v) is 2.64. The Morgan fingerprint density at radius 2 is 2.04 bits per heavy atom. The van der Waals surface area contributed by atoms with Crippen LogP contribution in [-0.2, 0) is 4.79 Å². The Bertz CT molecular complexity index is 484. The van der Waals surface area contributed by atoms with Gasteiger partial charge in [-0.05, 0) is 50.7 Å². The molecular formula is C18H28N2O3. The molecule has 1 fully saturated rings. The molecule has 1 aliphatic rings. The Labute approximate surface area is 138 Å². The molecule has 1 amide bonds. The molecule has 0 aliphatic heterocycles. The number of hydrogen-bond acceptors (Lipinski definition) is 4. The zero-order chi connectivity index (χ0) is 16.7. The summed E-state index contributed by atoms with van der Waals surface area (Å²) in [6.45, 7) is 0.820. The van der Waals surface area contributed by atoms with E-state index in [1.165, 1.54) is 19.3 Å². The lowest BCUT2D eigenvalue weighted by molar-refractivity contribution is -0.116. The first-order valence-corrected chi connectivity index (χ1v) is 8.38. The van der Waals surface area contributed by atoms with E-state index in [0.717, 1.165) is 18.0 Å². The summed E-state index contributed by atoms with van der Waals surface area (Å²) < 4.78 is 5.54. The predicted octanol–water partition coefficient (Wildman–Crippen LogP) is 2.51. The average molecular weight is 320 g/mol. The van der Waals surface area contributed by atoms with Crippen molar-refractivity contribution >= 4 is 11.6 Å². The third-order valence-electron chi connectivity index (χ3n) is 4.16. The van der Waals surface area contributed by atoms with Gasteiger partial charge in [-0.2, -0.15) is 0 Å². The average Bonchev–Trinajstić information content (AvgIpc) is 2.44. The standard InChI is InChI=1S/C18H28N2O3/c1-20(2)12-16(21)13-23-17-9-7-15(8-10-17)19-18(22)11-6-14-4-3-5-14/h7-10,14,16,21H,3-6,11-13H2,1-2H3,(H,19,22). The van der Waals surface area contributed by atoms with Crippen molar-refractivity contribution in [2.75, 3.05) is 32.6 Å². The number of benzene rings is 1. The number of aliphatic hydroxyl groups is 1. The number of rotatable bonds is 9. The van der Waals surface area contributed by atoms with E-state index in [-0.39, 0.29) is 12.5 Å². The van der Waals surface area contributed by atoms with Gasteiger partial charge in [0.15, 0.2) is 0 Å². The number of likely N-dealkylation sites (N-methyl/N-ethyl adjacent to an activating group) is 1. The van der Waals surface area contributed by atoms with Gasteiger partial charge < -0.3 is 20.1 Å². The van der Waals surface area contributed by atoms with Crippen LogP contribution < -0.4 is 10.1 Å². The number of hydrogen-bond donors (Lipinski definition) is 2. The molecule has 0 heterocycles. The minimum absolute atomic E-state index is 0.0759. The van der Waals surface area contributed by atoms with Crippen LogP contribution in [0.15, 0.2) is 24.3 Å². The van der Waals surface area contributed by atoms with Crippen molar-refractivity contribution in [2.24, 2.45) is 5.92 Å². The van der Waals surface area contributed by atoms with Crippen molar-refractivity contribution in [3.63, 3.8) is 0 Å². The monoisotopic (exact) mass is 320 g/mol. The first-order chi connectivity index (χ1) is 11.0. The smallest absolute Gasteiger partial charge is 0.224 e. The van der Waals surface area contributed by atoms with E-state index in [9.17, 15) is 9.90 Å². The maximum Gasteiger partial charge on any atom is 0.224 e. The second-order valence-corrected chi connectivity index (χ2v) is 6.64. The number of amides is 1. The van der Waals surface area contributed by atoms with E-state index in [1.54, 1.807) is 0 Å². The molecular weight excluding hydrogens is 292 g/mol. The van der Waals surface area contributed by atoms with Gasteiger partial charge in [-0.25, -0.2) is 0 Å². The van der Waals surface area contributed by atoms with Crippen molar-refractivity contribution in [1.82, 2.24) is 4.90 Å². The van der Waals surface area contributed by atoms with Crippen molar-refractivity contribution in [3.05, 3.63) is 24.3 Å². The summed E-state index contributed by atoms with van der Waals surface area (Å²) in [5.41, 5.74) is 0.782. The van der Waals surface area contributed by atoms with Gasteiger partial charge >= 0.3 is 0 Å². The molecule has 0 radical (unpaired) electrons. The summed E-state index contributed by atoms with van der Waals surface area (Å²) >= 11 is 0. The quantitative estimate of drug-likeness (QED) is 0.734. The lowest BCUT2D eigenvalue weighted by Gasteiger charge is -2.24. The minimum Gasteiger partial charge on any atom is -0.491 e. The summed E-state index contributed by atoms with van der Waals surface area (Å²) in [5.74, 6) is 1.52. The number of carbonyl (C=O) groups excluding carboxylic acids is 1. The number of anilines is 1. The SMILES string of the molecule is CN(C)CC(O)COc1ccc(NC(=O)CCC2CCC2)cc1. The summed E-state index contributed by atoms with van der Waals surface area (Å²) in [5, 5.41) is 12.7. The topological polar surface area (TPSA) is 61.8 Å². The van der Waals surface area contributed by atoms with Crippen LogP contribution >= 0.6 is 0 Å². The summed E-state index contributed by atoms with van der Waals surface area (Å²) in [7, 11) is 3.82. The molecule has 23 heavy (non-hydrogen) atoms. The molecule has 5 nitrogen and oxygen atoms in total. The van der Waals surface area contributed by atoms with Crippen LogP contribution in [0.2, 0.25) is 0 Å². The first kappa shape index (κ1) is 17.8. The molecule has 5 heteroatoms. The summed E-state index contributed by atoms with van der Waals surface area (Å²) in [6.07, 6.45) is 4.95. The van der Waals surface area contributed by atoms with Crippen LogP contribution in [-0.4, -0.2) is 49.3 Å². The molecule has 0 saturated heterocycles. The maximum atomic E-state index is 11.9. The highest BCUT2D eigenvalue weighted by Crippen LogP contribution is 2.30. The van der Waals surface area contributed by atoms with Crippen LogP contribution in [0.1, 0.15) is 32.1 Å². The first-order valence-electron chi connectivity index (χ1n) is 8.38. The van der Waals surface area contributed by atoms with Gasteiger partial charge in [-0.15, -0.1) is 0 Å². The second-order valence-electron chi connectivity index (χ2n) is 6.64. The third-order valence-corrected chi connectivity index (χ3v) is 4.16. The Kier molecular flexibility index (Phi) is 6.86. The molecule has 1 aromatic carbocycles. The number of nitrogens with one attached hydrogen (secondary N) is 1. The van der Waals surface area contributed by atoms with E-state index in [1.807, 2.05) is 43.3 Å². The van der Waals surface area contributed by atoms with Gasteiger partial charge in [-0.1, -0.05) is 19.3 Å². The van der Waals surface area contributed by atoms with E-state index in [0.29, 0.717) is 18.7 Å². The molecule has 128 valence electrons. The summed E-state index contributed by atoms with van der Waals surface area (Å²) in [6, 6.07) is 7.28. The highest BCUT2D eigenvalue weighted by molar-refractivity contribution is 5.90. The van der Waals surface area contributed by atoms with E-state index in [4.69, 9.17) is 4.74 Å². The number of carbonyl (C=O) groups is 1. The molecule has 0 aromatic heterocycles. The molecule has 1 atom stereocenters. The molecule has 1 aliphatic carbocycles. The van der Waals surface area contributed by atoms with Crippen LogP contribution in [0, 0.1) is 5.92 Å². The second kappa shape index (κ2) is 8.89. The lowest BCUT2D eigenvalue weighted by atomic mass is 9.82. The molecule has 1 unspecified atom stereocenters. The van der Waals surface area contributed by atoms with Crippen molar-refractivity contribution < 1.29 is 14.6 Å². The van der Waals surface area contributed by atoms with Gasteiger partial charge in [0.25, 0.3) is 0 Å². The molecule has 2 N–H and O–H groups in total. The molecule has 1 aromatic rings. The minimum atomic E-state index is -0.518. The molecule has 0 bridgehead atoms. The van der Waals surface area contributed by atoms with E-state index < -0.39 is 6.10 Å². The Balaban J connectivity index is 1.69. The molecule has 0 spiro atoms. The Morgan fingerprint density at radius 1 is 1.35 bits per heavy atom. The van der Waals surface area contributed by atoms with Crippen molar-refractivity contribution in [1.29, 1.82) is 0 Å². The highest BCUT2D eigenvalue weighted by Gasteiger charge is 2.18. The van der Waals surface area contributed by atoms with Gasteiger partial charge in [0.1, 0.15) is 18.5 Å². The number of nitrogens with zero attached hydrogens (tertiary/aromatic N) is 1. The van der Waals surface area contributed by atoms with Gasteiger partial charge in [0.05, 0.1) is 0 Å². The fourth-order valence-electron chi connectivity index (χ4n) is 2.64. The van der Waals surface area contributed by atoms with Gasteiger partial charge in [0.2, 0.25) is 5.91 Å². The highest BCUT2D eigenvalue weighted by atomic mass is 16.5. The zero-order valence-corrected chi connectivity index (χ0v) is 14.1. The summed E-state index contributed by atoms with van der Waals surface area (Å²) in [4.78, 5) is 13.8. The van der Waals surface area contributed by atoms with Crippen LogP contribution in [0.5, 0.6) is 5.75 Å². The van der Waals surface area contributed by atoms with Crippen LogP contribution in [0.25, 0.3) is 0 Å². The predicted molar refractivity (Wildman–Crippen MR) is 91.7 cm³/mol. The Morgan fingerprint density at radius 3 is 2.61 bits per heavy atom. The fraction of sp³-hybridized carbons (Fsp3) is 0.611. The number of aliphatic hydroxyl groups excluding tert-OH is 1. The Hall–Kier alpha value is -1.59. The van der Waals surface area contributed by atoms with Gasteiger partial charge in [0, 0.05) is 18.7 Å². The molecule has 2 rings (SSSR count).